The highest BCUT2D eigenvalue weighted by molar-refractivity contribution is 6.30. The molecule has 0 spiro atoms. The fourth-order valence-corrected chi connectivity index (χ4v) is 3.84. The zero-order valence-corrected chi connectivity index (χ0v) is 18.9. The Bertz CT molecular complexity index is 1100. The first-order valence-corrected chi connectivity index (χ1v) is 11.0. The van der Waals surface area contributed by atoms with E-state index in [0.29, 0.717) is 43.7 Å². The summed E-state index contributed by atoms with van der Waals surface area (Å²) in [6.45, 7) is 4.24. The number of ether oxygens (including phenoxy) is 2. The lowest BCUT2D eigenvalue weighted by Gasteiger charge is -2.40. The average Bonchev–Trinajstić information content (AvgIpc) is 2.82. The lowest BCUT2D eigenvalue weighted by Crippen LogP contribution is -2.55. The van der Waals surface area contributed by atoms with Crippen LogP contribution in [0.3, 0.4) is 0 Å². The van der Waals surface area contributed by atoms with Crippen molar-refractivity contribution < 1.29 is 18.7 Å². The van der Waals surface area contributed by atoms with Gasteiger partial charge in [0.2, 0.25) is 11.8 Å². The largest absolute Gasteiger partial charge is 0.439 e. The van der Waals surface area contributed by atoms with Gasteiger partial charge in [-0.05, 0) is 24.6 Å². The highest BCUT2D eigenvalue weighted by Crippen LogP contribution is 2.27. The number of carbonyl (C=O) groups is 1. The number of halogens is 2. The topological polar surface area (TPSA) is 67.8 Å². The molecule has 0 aliphatic carbocycles. The molecule has 1 atom stereocenters. The van der Waals surface area contributed by atoms with Crippen LogP contribution in [-0.4, -0.2) is 53.1 Å². The molecule has 3 aromatic rings. The molecular weight excluding hydrogens is 447 g/mol. The molecule has 7 nitrogen and oxygen atoms in total. The van der Waals surface area contributed by atoms with E-state index in [1.54, 1.807) is 6.07 Å². The number of hydrogen-bond acceptors (Lipinski definition) is 6. The Morgan fingerprint density at radius 2 is 1.97 bits per heavy atom. The Labute approximate surface area is 196 Å². The number of amides is 1. The summed E-state index contributed by atoms with van der Waals surface area (Å²) in [5.74, 6) is 0.846. The van der Waals surface area contributed by atoms with Gasteiger partial charge in [-0.15, -0.1) is 0 Å². The van der Waals surface area contributed by atoms with Crippen LogP contribution >= 0.6 is 11.6 Å². The van der Waals surface area contributed by atoms with Crippen LogP contribution in [0.15, 0.2) is 60.9 Å². The van der Waals surface area contributed by atoms with E-state index in [1.165, 1.54) is 24.5 Å². The van der Waals surface area contributed by atoms with Gasteiger partial charge in [0.05, 0.1) is 11.6 Å². The molecule has 1 aromatic heterocycles. The Kier molecular flexibility index (Phi) is 7.36. The molecule has 2 aromatic carbocycles. The summed E-state index contributed by atoms with van der Waals surface area (Å²) < 4.78 is 24.7. The summed E-state index contributed by atoms with van der Waals surface area (Å²) in [6.07, 6.45) is 1.41. The number of nitrogens with zero attached hydrogens (tertiary/aromatic N) is 4. The maximum Gasteiger partial charge on any atom is 0.248 e. The van der Waals surface area contributed by atoms with Gasteiger partial charge in [-0.3, -0.25) is 4.79 Å². The van der Waals surface area contributed by atoms with Crippen molar-refractivity contribution in [2.24, 2.45) is 0 Å². The van der Waals surface area contributed by atoms with Crippen LogP contribution in [0.4, 0.5) is 10.2 Å². The average molecular weight is 471 g/mol. The van der Waals surface area contributed by atoms with Crippen molar-refractivity contribution in [2.75, 3.05) is 31.1 Å². The zero-order chi connectivity index (χ0) is 23.2. The molecule has 1 aliphatic rings. The molecule has 33 heavy (non-hydrogen) atoms. The monoisotopic (exact) mass is 470 g/mol. The highest BCUT2D eigenvalue weighted by atomic mass is 35.5. The Morgan fingerprint density at radius 1 is 1.15 bits per heavy atom. The van der Waals surface area contributed by atoms with Crippen LogP contribution in [0.5, 0.6) is 11.6 Å². The summed E-state index contributed by atoms with van der Waals surface area (Å²) in [5.41, 5.74) is 1.04. The molecule has 4 rings (SSSR count). The van der Waals surface area contributed by atoms with Crippen LogP contribution in [-0.2, 0) is 16.1 Å². The molecule has 0 unspecified atom stereocenters. The van der Waals surface area contributed by atoms with E-state index < -0.39 is 5.82 Å². The van der Waals surface area contributed by atoms with Crippen LogP contribution < -0.4 is 9.64 Å². The number of piperazine rings is 1. The van der Waals surface area contributed by atoms with E-state index >= 15 is 0 Å². The van der Waals surface area contributed by atoms with Gasteiger partial charge in [-0.1, -0.05) is 41.9 Å². The van der Waals surface area contributed by atoms with Crippen LogP contribution in [0, 0.1) is 5.82 Å². The summed E-state index contributed by atoms with van der Waals surface area (Å²) in [4.78, 5) is 25.0. The summed E-state index contributed by atoms with van der Waals surface area (Å²) in [7, 11) is 0. The molecule has 1 amide bonds. The van der Waals surface area contributed by atoms with Gasteiger partial charge in [-0.2, -0.15) is 0 Å². The Hall–Kier alpha value is -3.23. The van der Waals surface area contributed by atoms with Gasteiger partial charge in [0.1, 0.15) is 30.3 Å². The Balaban J connectivity index is 1.32. The van der Waals surface area contributed by atoms with Crippen molar-refractivity contribution in [3.05, 3.63) is 77.3 Å². The summed E-state index contributed by atoms with van der Waals surface area (Å²) >= 11 is 5.81. The van der Waals surface area contributed by atoms with E-state index in [2.05, 4.69) is 14.9 Å². The molecule has 1 fully saturated rings. The number of carbonyl (C=O) groups excluding carboxylic acids is 1. The minimum absolute atomic E-state index is 0.0122. The third-order valence-electron chi connectivity index (χ3n) is 5.35. The molecule has 0 N–H and O–H groups in total. The van der Waals surface area contributed by atoms with Crippen LogP contribution in [0.25, 0.3) is 0 Å². The smallest absolute Gasteiger partial charge is 0.248 e. The second-order valence-electron chi connectivity index (χ2n) is 7.75. The molecule has 1 aliphatic heterocycles. The molecular formula is C24H24ClFN4O3. The van der Waals surface area contributed by atoms with Gasteiger partial charge in [0.15, 0.2) is 0 Å². The van der Waals surface area contributed by atoms with Gasteiger partial charge in [-0.25, -0.2) is 14.4 Å². The van der Waals surface area contributed by atoms with Crippen molar-refractivity contribution >= 4 is 23.3 Å². The molecule has 0 saturated carbocycles. The third-order valence-corrected chi connectivity index (χ3v) is 5.64. The molecule has 172 valence electrons. The maximum atomic E-state index is 13.4. The summed E-state index contributed by atoms with van der Waals surface area (Å²) in [6, 6.07) is 15.6. The SMILES string of the molecule is C[C@@H]1CN(c2cc(Oc3ccc(F)c(Cl)c3)ncn2)CCN1C(=O)COCc1ccccc1. The normalized spacial score (nSPS) is 16.0. The first-order valence-electron chi connectivity index (χ1n) is 10.6. The number of hydrogen-bond donors (Lipinski definition) is 0. The molecule has 2 heterocycles. The fourth-order valence-electron chi connectivity index (χ4n) is 3.67. The predicted molar refractivity (Wildman–Crippen MR) is 123 cm³/mol. The maximum absolute atomic E-state index is 13.4. The van der Waals surface area contributed by atoms with Gasteiger partial charge in [0.25, 0.3) is 0 Å². The van der Waals surface area contributed by atoms with Gasteiger partial charge >= 0.3 is 0 Å². The fraction of sp³-hybridized carbons (Fsp3) is 0.292. The molecule has 1 saturated heterocycles. The van der Waals surface area contributed by atoms with Crippen molar-refractivity contribution in [1.82, 2.24) is 14.9 Å². The van der Waals surface area contributed by atoms with Crippen LogP contribution in [0.2, 0.25) is 5.02 Å². The van der Waals surface area contributed by atoms with Crippen molar-refractivity contribution in [3.63, 3.8) is 0 Å². The Morgan fingerprint density at radius 3 is 2.73 bits per heavy atom. The molecule has 0 radical (unpaired) electrons. The number of rotatable bonds is 7. The van der Waals surface area contributed by atoms with E-state index in [0.717, 1.165) is 5.56 Å². The number of benzene rings is 2. The quantitative estimate of drug-likeness (QED) is 0.512. The first kappa shape index (κ1) is 22.9. The van der Waals surface area contributed by atoms with E-state index in [1.807, 2.05) is 42.2 Å². The number of anilines is 1. The minimum atomic E-state index is -0.515. The summed E-state index contributed by atoms with van der Waals surface area (Å²) in [5, 5.41) is -0.0239. The van der Waals surface area contributed by atoms with Gasteiger partial charge in [0, 0.05) is 37.8 Å². The molecule has 0 bridgehead atoms. The highest BCUT2D eigenvalue weighted by Gasteiger charge is 2.28. The first-order chi connectivity index (χ1) is 16.0. The van der Waals surface area contributed by atoms with Crippen LogP contribution in [0.1, 0.15) is 12.5 Å². The van der Waals surface area contributed by atoms with Crippen molar-refractivity contribution in [1.29, 1.82) is 0 Å². The standard InChI is InChI=1S/C24H24ClFN4O3/c1-17-13-29(9-10-30(17)24(31)15-32-14-18-5-3-2-4-6-18)22-12-23(28-16-27-22)33-19-7-8-21(26)20(25)11-19/h2-8,11-12,16-17H,9-10,13-15H2,1H3/t17-/m1/s1. The van der Waals surface area contributed by atoms with Crippen molar-refractivity contribution in [2.45, 2.75) is 19.6 Å². The van der Waals surface area contributed by atoms with Gasteiger partial charge < -0.3 is 19.3 Å². The molecule has 9 heteroatoms. The lowest BCUT2D eigenvalue weighted by molar-refractivity contribution is -0.139. The van der Waals surface area contributed by atoms with E-state index in [9.17, 15) is 9.18 Å². The third kappa shape index (κ3) is 5.97. The zero-order valence-electron chi connectivity index (χ0n) is 18.2. The second kappa shape index (κ2) is 10.6. The van der Waals surface area contributed by atoms with E-state index in [4.69, 9.17) is 21.1 Å². The second-order valence-corrected chi connectivity index (χ2v) is 8.16. The van der Waals surface area contributed by atoms with Crippen molar-refractivity contribution in [3.8, 4) is 11.6 Å². The minimum Gasteiger partial charge on any atom is -0.439 e. The van der Waals surface area contributed by atoms with E-state index in [-0.39, 0.29) is 23.6 Å². The predicted octanol–water partition coefficient (Wildman–Crippen LogP) is 4.32. The lowest BCUT2D eigenvalue weighted by atomic mass is 10.2. The number of aromatic nitrogens is 2.